The summed E-state index contributed by atoms with van der Waals surface area (Å²) in [5.41, 5.74) is 1.98. The Labute approximate surface area is 95.2 Å². The van der Waals surface area contributed by atoms with E-state index in [2.05, 4.69) is 5.10 Å². The summed E-state index contributed by atoms with van der Waals surface area (Å²) in [7, 11) is 0. The van der Waals surface area contributed by atoms with Gasteiger partial charge in [0, 0.05) is 12.4 Å². The number of rotatable bonds is 5. The van der Waals surface area contributed by atoms with Crippen molar-refractivity contribution in [2.75, 3.05) is 5.88 Å². The quantitative estimate of drug-likeness (QED) is 0.563. The maximum Gasteiger partial charge on any atom is 0.0844 e. The molecule has 0 aliphatic heterocycles. The highest BCUT2D eigenvalue weighted by molar-refractivity contribution is 6.31. The van der Waals surface area contributed by atoms with Crippen molar-refractivity contribution in [3.63, 3.8) is 0 Å². The minimum absolute atomic E-state index is 0.748. The second kappa shape index (κ2) is 5.62. The molecule has 1 heterocycles. The highest BCUT2D eigenvalue weighted by Crippen LogP contribution is 2.19. The zero-order valence-corrected chi connectivity index (χ0v) is 10.2. The van der Waals surface area contributed by atoms with Gasteiger partial charge in [0.1, 0.15) is 0 Å². The van der Waals surface area contributed by atoms with E-state index in [1.54, 1.807) is 0 Å². The Morgan fingerprint density at radius 3 is 2.43 bits per heavy atom. The van der Waals surface area contributed by atoms with Gasteiger partial charge in [0.05, 0.1) is 16.4 Å². The van der Waals surface area contributed by atoms with Crippen LogP contribution in [0.5, 0.6) is 0 Å². The number of nitrogens with zero attached hydrogens (tertiary/aromatic N) is 2. The average molecular weight is 235 g/mol. The molecule has 0 saturated carbocycles. The lowest BCUT2D eigenvalue weighted by Gasteiger charge is -2.03. The smallest absolute Gasteiger partial charge is 0.0844 e. The number of halogens is 2. The first-order valence-electron chi connectivity index (χ1n) is 4.92. The fourth-order valence-corrected chi connectivity index (χ4v) is 1.75. The second-order valence-corrected chi connectivity index (χ2v) is 4.21. The predicted octanol–water partition coefficient (Wildman–Crippen LogP) is 3.56. The van der Waals surface area contributed by atoms with Crippen LogP contribution in [0.15, 0.2) is 0 Å². The SMILES string of the molecule is Cc1nn(CCCCCCl)c(C)c1Cl. The van der Waals surface area contributed by atoms with Crippen molar-refractivity contribution in [1.29, 1.82) is 0 Å². The van der Waals surface area contributed by atoms with Crippen molar-refractivity contribution in [3.8, 4) is 0 Å². The van der Waals surface area contributed by atoms with Gasteiger partial charge in [0.25, 0.3) is 0 Å². The number of unbranched alkanes of at least 4 members (excludes halogenated alkanes) is 2. The molecule has 0 atom stereocenters. The first-order valence-corrected chi connectivity index (χ1v) is 5.83. The zero-order chi connectivity index (χ0) is 10.6. The van der Waals surface area contributed by atoms with Gasteiger partial charge >= 0.3 is 0 Å². The predicted molar refractivity (Wildman–Crippen MR) is 61.3 cm³/mol. The lowest BCUT2D eigenvalue weighted by atomic mass is 10.2. The number of hydrogen-bond donors (Lipinski definition) is 0. The summed E-state index contributed by atoms with van der Waals surface area (Å²) in [4.78, 5) is 0. The molecule has 2 nitrogen and oxygen atoms in total. The van der Waals surface area contributed by atoms with Gasteiger partial charge in [-0.3, -0.25) is 4.68 Å². The molecule has 0 unspecified atom stereocenters. The minimum atomic E-state index is 0.748. The first kappa shape index (κ1) is 11.9. The van der Waals surface area contributed by atoms with Crippen molar-refractivity contribution in [2.24, 2.45) is 0 Å². The van der Waals surface area contributed by atoms with E-state index < -0.39 is 0 Å². The third-order valence-corrected chi connectivity index (χ3v) is 3.11. The molecule has 0 aliphatic rings. The molecule has 0 saturated heterocycles. The van der Waals surface area contributed by atoms with E-state index in [0.29, 0.717) is 0 Å². The molecule has 0 bridgehead atoms. The molecule has 0 radical (unpaired) electrons. The molecule has 1 aromatic heterocycles. The fourth-order valence-electron chi connectivity index (χ4n) is 1.43. The second-order valence-electron chi connectivity index (χ2n) is 3.46. The summed E-state index contributed by atoms with van der Waals surface area (Å²) in [6.45, 7) is 4.88. The third kappa shape index (κ3) is 2.89. The van der Waals surface area contributed by atoms with Crippen LogP contribution in [0.1, 0.15) is 30.7 Å². The van der Waals surface area contributed by atoms with Crippen LogP contribution in [0.2, 0.25) is 5.02 Å². The largest absolute Gasteiger partial charge is 0.268 e. The van der Waals surface area contributed by atoms with E-state index >= 15 is 0 Å². The summed E-state index contributed by atoms with van der Waals surface area (Å²) >= 11 is 11.6. The molecule has 0 spiro atoms. The summed E-state index contributed by atoms with van der Waals surface area (Å²) in [5, 5.41) is 5.15. The van der Waals surface area contributed by atoms with E-state index in [9.17, 15) is 0 Å². The molecule has 4 heteroatoms. The van der Waals surface area contributed by atoms with Crippen LogP contribution in [0.4, 0.5) is 0 Å². The maximum absolute atomic E-state index is 6.03. The van der Waals surface area contributed by atoms with Gasteiger partial charge in [-0.1, -0.05) is 18.0 Å². The van der Waals surface area contributed by atoms with Crippen molar-refractivity contribution in [1.82, 2.24) is 9.78 Å². The van der Waals surface area contributed by atoms with Gasteiger partial charge in [-0.25, -0.2) is 0 Å². The molecule has 80 valence electrons. The number of aryl methyl sites for hydroxylation is 2. The normalized spacial score (nSPS) is 10.9. The van der Waals surface area contributed by atoms with Crippen LogP contribution in [-0.2, 0) is 6.54 Å². The third-order valence-electron chi connectivity index (χ3n) is 2.30. The van der Waals surface area contributed by atoms with Gasteiger partial charge < -0.3 is 0 Å². The van der Waals surface area contributed by atoms with Crippen LogP contribution in [0.3, 0.4) is 0 Å². The average Bonchev–Trinajstić information content (AvgIpc) is 2.41. The highest BCUT2D eigenvalue weighted by atomic mass is 35.5. The topological polar surface area (TPSA) is 17.8 Å². The Morgan fingerprint density at radius 1 is 1.21 bits per heavy atom. The van der Waals surface area contributed by atoms with Crippen LogP contribution in [-0.4, -0.2) is 15.7 Å². The van der Waals surface area contributed by atoms with E-state index in [1.165, 1.54) is 0 Å². The molecule has 0 N–H and O–H groups in total. The molecule has 1 rings (SSSR count). The number of hydrogen-bond acceptors (Lipinski definition) is 1. The van der Waals surface area contributed by atoms with Gasteiger partial charge in [-0.2, -0.15) is 5.10 Å². The summed E-state index contributed by atoms with van der Waals surface area (Å²) < 4.78 is 1.98. The molecule has 0 amide bonds. The maximum atomic E-state index is 6.03. The lowest BCUT2D eigenvalue weighted by Crippen LogP contribution is -2.02. The molecule has 0 aromatic carbocycles. The van der Waals surface area contributed by atoms with Gasteiger partial charge in [-0.15, -0.1) is 11.6 Å². The molecule has 0 fully saturated rings. The van der Waals surface area contributed by atoms with Crippen molar-refractivity contribution in [2.45, 2.75) is 39.7 Å². The van der Waals surface area contributed by atoms with Crippen LogP contribution < -0.4 is 0 Å². The van der Waals surface area contributed by atoms with Crippen LogP contribution in [0.25, 0.3) is 0 Å². The van der Waals surface area contributed by atoms with E-state index in [1.807, 2.05) is 18.5 Å². The van der Waals surface area contributed by atoms with E-state index in [-0.39, 0.29) is 0 Å². The molecular weight excluding hydrogens is 219 g/mol. The Hall–Kier alpha value is -0.210. The lowest BCUT2D eigenvalue weighted by molar-refractivity contribution is 0.540. The molecular formula is C10H16Cl2N2. The van der Waals surface area contributed by atoms with Gasteiger partial charge in [0.2, 0.25) is 0 Å². The number of alkyl halides is 1. The van der Waals surface area contributed by atoms with Crippen molar-refractivity contribution in [3.05, 3.63) is 16.4 Å². The Kier molecular flexibility index (Phi) is 4.76. The van der Waals surface area contributed by atoms with E-state index in [4.69, 9.17) is 23.2 Å². The van der Waals surface area contributed by atoms with Crippen LogP contribution >= 0.6 is 23.2 Å². The highest BCUT2D eigenvalue weighted by Gasteiger charge is 2.07. The Bertz CT molecular complexity index is 295. The van der Waals surface area contributed by atoms with Crippen LogP contribution in [0, 0.1) is 13.8 Å². The monoisotopic (exact) mass is 234 g/mol. The van der Waals surface area contributed by atoms with Gasteiger partial charge in [-0.05, 0) is 26.7 Å². The zero-order valence-electron chi connectivity index (χ0n) is 8.69. The van der Waals surface area contributed by atoms with Gasteiger partial charge in [0.15, 0.2) is 0 Å². The first-order chi connectivity index (χ1) is 6.66. The Morgan fingerprint density at radius 2 is 1.93 bits per heavy atom. The van der Waals surface area contributed by atoms with E-state index in [0.717, 1.165) is 48.1 Å². The Balaban J connectivity index is 2.47. The number of aromatic nitrogens is 2. The minimum Gasteiger partial charge on any atom is -0.268 e. The van der Waals surface area contributed by atoms with Crippen molar-refractivity contribution >= 4 is 23.2 Å². The molecule has 1 aromatic rings. The summed E-state index contributed by atoms with van der Waals surface area (Å²) in [6.07, 6.45) is 3.35. The fraction of sp³-hybridized carbons (Fsp3) is 0.700. The van der Waals surface area contributed by atoms with Crippen molar-refractivity contribution < 1.29 is 0 Å². The summed E-state index contributed by atoms with van der Waals surface area (Å²) in [5.74, 6) is 0.748. The summed E-state index contributed by atoms with van der Waals surface area (Å²) in [6, 6.07) is 0. The molecule has 14 heavy (non-hydrogen) atoms. The molecule has 0 aliphatic carbocycles. The standard InChI is InChI=1S/C10H16Cl2N2/c1-8-10(12)9(2)14(13-8)7-5-3-4-6-11/h3-7H2,1-2H3.